The molecule has 1 aromatic carbocycles. The third-order valence-electron chi connectivity index (χ3n) is 6.73. The topological polar surface area (TPSA) is 131 Å². The maximum atomic E-state index is 12.8. The second-order valence-corrected chi connectivity index (χ2v) is 10.7. The highest BCUT2D eigenvalue weighted by Gasteiger charge is 2.38. The molecule has 0 aliphatic carbocycles. The molecule has 0 amide bonds. The van der Waals surface area contributed by atoms with Crippen molar-refractivity contribution in [2.75, 3.05) is 7.11 Å². The summed E-state index contributed by atoms with van der Waals surface area (Å²) < 4.78 is 21.6. The largest absolute Gasteiger partial charge is 0.468 e. The molecule has 40 heavy (non-hydrogen) atoms. The Kier molecular flexibility index (Phi) is 16.2. The molecule has 226 valence electrons. The Bertz CT molecular complexity index is 963. The van der Waals surface area contributed by atoms with Gasteiger partial charge in [-0.1, -0.05) is 65.9 Å². The summed E-state index contributed by atoms with van der Waals surface area (Å²) in [4.78, 5) is 50.0. The summed E-state index contributed by atoms with van der Waals surface area (Å²) in [6, 6.07) is 4.75. The van der Waals surface area contributed by atoms with Crippen LogP contribution in [0.1, 0.15) is 111 Å². The van der Waals surface area contributed by atoms with Crippen molar-refractivity contribution >= 4 is 23.9 Å². The zero-order chi connectivity index (χ0) is 30.1. The van der Waals surface area contributed by atoms with E-state index in [4.69, 9.17) is 24.7 Å². The van der Waals surface area contributed by atoms with Gasteiger partial charge in [-0.2, -0.15) is 0 Å². The highest BCUT2D eigenvalue weighted by molar-refractivity contribution is 5.81. The number of carbonyl (C=O) groups excluding carboxylic acids is 4. The van der Waals surface area contributed by atoms with Crippen LogP contribution in [0.4, 0.5) is 0 Å². The van der Waals surface area contributed by atoms with Crippen LogP contribution in [-0.4, -0.2) is 42.6 Å². The number of hydrogen-bond acceptors (Lipinski definition) is 9. The van der Waals surface area contributed by atoms with Crippen molar-refractivity contribution in [2.45, 2.75) is 123 Å². The Hall–Kier alpha value is -2.94. The number of benzene rings is 1. The molecule has 1 rings (SSSR count). The van der Waals surface area contributed by atoms with E-state index in [0.29, 0.717) is 18.4 Å². The monoisotopic (exact) mass is 563 g/mol. The van der Waals surface area contributed by atoms with Gasteiger partial charge >= 0.3 is 23.9 Å². The number of unbranched alkanes of at least 4 members (excludes halogenated alkanes) is 4. The van der Waals surface area contributed by atoms with Crippen molar-refractivity contribution in [1.82, 2.24) is 0 Å². The van der Waals surface area contributed by atoms with Gasteiger partial charge in [-0.05, 0) is 43.4 Å². The quantitative estimate of drug-likeness (QED) is 0.125. The van der Waals surface area contributed by atoms with Crippen molar-refractivity contribution in [2.24, 2.45) is 11.7 Å². The predicted molar refractivity (Wildman–Crippen MR) is 153 cm³/mol. The van der Waals surface area contributed by atoms with E-state index in [2.05, 4.69) is 0 Å². The third kappa shape index (κ3) is 12.9. The van der Waals surface area contributed by atoms with E-state index in [9.17, 15) is 19.2 Å². The summed E-state index contributed by atoms with van der Waals surface area (Å²) in [5.74, 6) is -1.48. The van der Waals surface area contributed by atoms with Gasteiger partial charge < -0.3 is 24.7 Å². The van der Waals surface area contributed by atoms with Crippen LogP contribution >= 0.6 is 0 Å². The average Bonchev–Trinajstić information content (AvgIpc) is 2.89. The van der Waals surface area contributed by atoms with Crippen molar-refractivity contribution in [3.05, 3.63) is 23.8 Å². The van der Waals surface area contributed by atoms with Crippen LogP contribution in [0.15, 0.2) is 18.2 Å². The first-order chi connectivity index (χ1) is 19.0. The number of esters is 4. The fraction of sp³-hybridized carbons (Fsp3) is 0.677. The Labute approximate surface area is 239 Å². The molecular formula is C31H49NO8. The molecule has 2 unspecified atom stereocenters. The summed E-state index contributed by atoms with van der Waals surface area (Å²) in [6.45, 7) is 9.74. The minimum atomic E-state index is -1.52. The van der Waals surface area contributed by atoms with Gasteiger partial charge in [0.15, 0.2) is 11.5 Å². The van der Waals surface area contributed by atoms with Gasteiger partial charge in [0.05, 0.1) is 7.11 Å². The number of carbonyl (C=O) groups is 4. The highest BCUT2D eigenvalue weighted by atomic mass is 16.6. The lowest BCUT2D eigenvalue weighted by atomic mass is 9.86. The number of methoxy groups -OCH3 is 1. The number of rotatable bonds is 19. The number of nitrogens with two attached hydrogens (primary N) is 1. The van der Waals surface area contributed by atoms with E-state index in [1.165, 1.54) is 13.2 Å². The van der Waals surface area contributed by atoms with Gasteiger partial charge in [0.2, 0.25) is 0 Å². The van der Waals surface area contributed by atoms with Gasteiger partial charge in [-0.15, -0.1) is 0 Å². The Balaban J connectivity index is 3.16. The molecule has 0 spiro atoms. The Morgan fingerprint density at radius 2 is 1.43 bits per heavy atom. The molecule has 0 aliphatic heterocycles. The fourth-order valence-corrected chi connectivity index (χ4v) is 4.26. The maximum Gasteiger partial charge on any atom is 0.326 e. The fourth-order valence-electron chi connectivity index (χ4n) is 4.26. The molecular weight excluding hydrogens is 514 g/mol. The normalized spacial score (nSPS) is 14.0. The van der Waals surface area contributed by atoms with Crippen LogP contribution in [0, 0.1) is 5.92 Å². The summed E-state index contributed by atoms with van der Waals surface area (Å²) in [5, 5.41) is 0. The van der Waals surface area contributed by atoms with Crippen LogP contribution in [-0.2, 0) is 35.1 Å². The van der Waals surface area contributed by atoms with Gasteiger partial charge in [-0.3, -0.25) is 19.2 Å². The summed E-state index contributed by atoms with van der Waals surface area (Å²) in [5.41, 5.74) is 5.59. The van der Waals surface area contributed by atoms with E-state index in [0.717, 1.165) is 32.1 Å². The van der Waals surface area contributed by atoms with E-state index in [1.54, 1.807) is 19.1 Å². The predicted octanol–water partition coefficient (Wildman–Crippen LogP) is 5.83. The van der Waals surface area contributed by atoms with Crippen molar-refractivity contribution in [3.63, 3.8) is 0 Å². The molecule has 0 aromatic heterocycles. The van der Waals surface area contributed by atoms with Crippen LogP contribution < -0.4 is 15.2 Å². The standard InChI is InChI=1S/C31H49NO8/c1-7-10-12-14-27(33)39-25-17-16-24(19-26(25)40-28(34)15-13-11-8-2)21-31(32,30(36)37-6)20-23(5)38-29(35)18-22(4)9-3/h16-17,19,22-23H,7-15,18,20-21,32H2,1-6H3/t22?,23-,31?/m0/s1. The molecule has 9 heteroatoms. The van der Waals surface area contributed by atoms with Crippen LogP contribution in [0.2, 0.25) is 0 Å². The first-order valence-corrected chi connectivity index (χ1v) is 14.6. The minimum Gasteiger partial charge on any atom is -0.468 e. The summed E-state index contributed by atoms with van der Waals surface area (Å²) >= 11 is 0. The molecule has 0 aliphatic rings. The highest BCUT2D eigenvalue weighted by Crippen LogP contribution is 2.32. The van der Waals surface area contributed by atoms with Gasteiger partial charge in [0.1, 0.15) is 11.6 Å². The molecule has 0 radical (unpaired) electrons. The van der Waals surface area contributed by atoms with Crippen molar-refractivity contribution in [1.29, 1.82) is 0 Å². The maximum absolute atomic E-state index is 12.8. The molecule has 1 aromatic rings. The van der Waals surface area contributed by atoms with Gasteiger partial charge in [-0.25, -0.2) is 0 Å². The Morgan fingerprint density at radius 1 is 0.850 bits per heavy atom. The molecule has 0 saturated heterocycles. The lowest BCUT2D eigenvalue weighted by molar-refractivity contribution is -0.155. The number of ether oxygens (including phenoxy) is 4. The van der Waals surface area contributed by atoms with Crippen molar-refractivity contribution < 1.29 is 38.1 Å². The third-order valence-corrected chi connectivity index (χ3v) is 6.73. The molecule has 2 N–H and O–H groups in total. The molecule has 0 heterocycles. The smallest absolute Gasteiger partial charge is 0.326 e. The Morgan fingerprint density at radius 3 is 1.95 bits per heavy atom. The molecule has 0 bridgehead atoms. The molecule has 9 nitrogen and oxygen atoms in total. The van der Waals surface area contributed by atoms with E-state index in [-0.39, 0.29) is 55.5 Å². The number of hydrogen-bond donors (Lipinski definition) is 1. The second kappa shape index (κ2) is 18.4. The van der Waals surface area contributed by atoms with Gasteiger partial charge in [0.25, 0.3) is 0 Å². The summed E-state index contributed by atoms with van der Waals surface area (Å²) in [7, 11) is 1.24. The first kappa shape index (κ1) is 35.1. The lowest BCUT2D eigenvalue weighted by Crippen LogP contribution is -2.53. The van der Waals surface area contributed by atoms with E-state index >= 15 is 0 Å². The van der Waals surface area contributed by atoms with Crippen LogP contribution in [0.25, 0.3) is 0 Å². The van der Waals surface area contributed by atoms with Crippen molar-refractivity contribution in [3.8, 4) is 11.5 Å². The van der Waals surface area contributed by atoms with Crippen LogP contribution in [0.5, 0.6) is 11.5 Å². The molecule has 3 atom stereocenters. The zero-order valence-electron chi connectivity index (χ0n) is 25.2. The molecule has 0 saturated carbocycles. The molecule has 0 fully saturated rings. The zero-order valence-corrected chi connectivity index (χ0v) is 25.2. The first-order valence-electron chi connectivity index (χ1n) is 14.6. The average molecular weight is 564 g/mol. The van der Waals surface area contributed by atoms with E-state index < -0.39 is 29.6 Å². The summed E-state index contributed by atoms with van der Waals surface area (Å²) in [6.07, 6.45) is 6.12. The van der Waals surface area contributed by atoms with Gasteiger partial charge in [0, 0.05) is 32.1 Å². The van der Waals surface area contributed by atoms with E-state index in [1.807, 2.05) is 27.7 Å². The lowest BCUT2D eigenvalue weighted by Gasteiger charge is -2.29. The van der Waals surface area contributed by atoms with Crippen LogP contribution in [0.3, 0.4) is 0 Å². The second-order valence-electron chi connectivity index (χ2n) is 10.7. The SMILES string of the molecule is CCCCCC(=O)Oc1ccc(CC(N)(C[C@H](C)OC(=O)CC(C)CC)C(=O)OC)cc1OC(=O)CCCCC. The minimum absolute atomic E-state index is 0.0119.